The number of nitrogens with zero attached hydrogens (tertiary/aromatic N) is 2. The van der Waals surface area contributed by atoms with Crippen molar-refractivity contribution >= 4 is 11.0 Å². The molecule has 20 heavy (non-hydrogen) atoms. The monoisotopic (exact) mass is 271 g/mol. The number of rotatable bonds is 6. The van der Waals surface area contributed by atoms with Crippen LogP contribution in [0.25, 0.3) is 11.0 Å². The smallest absolute Gasteiger partial charge is 0.110 e. The van der Waals surface area contributed by atoms with Gasteiger partial charge in [-0.1, -0.05) is 26.0 Å². The first kappa shape index (κ1) is 13.6. The van der Waals surface area contributed by atoms with Gasteiger partial charge in [0, 0.05) is 12.5 Å². The lowest BCUT2D eigenvalue weighted by molar-refractivity contribution is 0.309. The van der Waals surface area contributed by atoms with Crippen molar-refractivity contribution in [1.82, 2.24) is 9.55 Å². The standard InChI is InChI=1S/C17H25N3/c1-17(2,11-12-18)10-9-16-19-14-5-3-4-6-15(14)20(16)13-7-8-13/h3-6,13H,7-12,18H2,1-2H3. The Kier molecular flexibility index (Phi) is 3.55. The first-order valence-corrected chi connectivity index (χ1v) is 7.77. The van der Waals surface area contributed by atoms with Crippen molar-refractivity contribution in [3.05, 3.63) is 30.1 Å². The van der Waals surface area contributed by atoms with Crippen molar-refractivity contribution < 1.29 is 0 Å². The maximum absolute atomic E-state index is 5.71. The Balaban J connectivity index is 1.85. The van der Waals surface area contributed by atoms with Gasteiger partial charge in [0.2, 0.25) is 0 Å². The van der Waals surface area contributed by atoms with Gasteiger partial charge in [-0.3, -0.25) is 0 Å². The van der Waals surface area contributed by atoms with E-state index in [-0.39, 0.29) is 0 Å². The van der Waals surface area contributed by atoms with E-state index in [1.165, 1.54) is 24.2 Å². The Morgan fingerprint density at radius 2 is 2.00 bits per heavy atom. The fourth-order valence-corrected chi connectivity index (χ4v) is 2.98. The number of aromatic nitrogens is 2. The molecule has 3 heteroatoms. The van der Waals surface area contributed by atoms with Crippen LogP contribution < -0.4 is 5.73 Å². The highest BCUT2D eigenvalue weighted by molar-refractivity contribution is 5.76. The third kappa shape index (κ3) is 2.73. The van der Waals surface area contributed by atoms with Crippen molar-refractivity contribution in [2.24, 2.45) is 11.1 Å². The van der Waals surface area contributed by atoms with Crippen molar-refractivity contribution in [1.29, 1.82) is 0 Å². The van der Waals surface area contributed by atoms with Crippen molar-refractivity contribution in [2.75, 3.05) is 6.54 Å². The van der Waals surface area contributed by atoms with Crippen molar-refractivity contribution in [2.45, 2.75) is 52.0 Å². The minimum atomic E-state index is 0.307. The molecule has 108 valence electrons. The van der Waals surface area contributed by atoms with Crippen LogP contribution in [0.15, 0.2) is 24.3 Å². The number of nitrogens with two attached hydrogens (primary N) is 1. The Bertz CT molecular complexity index is 593. The predicted octanol–water partition coefficient (Wildman–Crippen LogP) is 3.68. The molecular weight excluding hydrogens is 246 g/mol. The average molecular weight is 271 g/mol. The van der Waals surface area contributed by atoms with Gasteiger partial charge >= 0.3 is 0 Å². The number of hydrogen-bond donors (Lipinski definition) is 1. The first-order chi connectivity index (χ1) is 9.61. The number of aryl methyl sites for hydroxylation is 1. The minimum Gasteiger partial charge on any atom is -0.330 e. The molecule has 0 radical (unpaired) electrons. The molecule has 1 aromatic carbocycles. The summed E-state index contributed by atoms with van der Waals surface area (Å²) in [6.07, 6.45) is 5.90. The molecule has 2 aromatic rings. The summed E-state index contributed by atoms with van der Waals surface area (Å²) in [5.41, 5.74) is 8.47. The zero-order valence-corrected chi connectivity index (χ0v) is 12.6. The van der Waals surface area contributed by atoms with Crippen LogP contribution in [0.1, 0.15) is 51.4 Å². The maximum Gasteiger partial charge on any atom is 0.110 e. The number of hydrogen-bond acceptors (Lipinski definition) is 2. The highest BCUT2D eigenvalue weighted by Crippen LogP contribution is 2.39. The van der Waals surface area contributed by atoms with Crippen LogP contribution in [0.4, 0.5) is 0 Å². The zero-order valence-electron chi connectivity index (χ0n) is 12.6. The lowest BCUT2D eigenvalue weighted by Crippen LogP contribution is -2.18. The highest BCUT2D eigenvalue weighted by Gasteiger charge is 2.28. The normalized spacial score (nSPS) is 15.9. The summed E-state index contributed by atoms with van der Waals surface area (Å²) >= 11 is 0. The van der Waals surface area contributed by atoms with Gasteiger partial charge in [0.1, 0.15) is 5.82 Å². The summed E-state index contributed by atoms with van der Waals surface area (Å²) in [5.74, 6) is 1.26. The second-order valence-electron chi connectivity index (χ2n) is 6.82. The van der Waals surface area contributed by atoms with Gasteiger partial charge in [0.25, 0.3) is 0 Å². The average Bonchev–Trinajstić information content (AvgIpc) is 3.17. The van der Waals surface area contributed by atoms with E-state index < -0.39 is 0 Å². The van der Waals surface area contributed by atoms with E-state index in [0.29, 0.717) is 11.5 Å². The molecule has 0 spiro atoms. The minimum absolute atomic E-state index is 0.307. The SMILES string of the molecule is CC(C)(CCN)CCc1nc2ccccc2n1C1CC1. The molecule has 3 rings (SSSR count). The molecule has 0 aliphatic heterocycles. The second kappa shape index (κ2) is 5.21. The topological polar surface area (TPSA) is 43.8 Å². The van der Waals surface area contributed by atoms with E-state index in [4.69, 9.17) is 10.7 Å². The number of para-hydroxylation sites is 2. The molecule has 1 fully saturated rings. The molecule has 0 atom stereocenters. The van der Waals surface area contributed by atoms with E-state index in [0.717, 1.165) is 31.3 Å². The molecule has 0 saturated heterocycles. The molecule has 1 aliphatic carbocycles. The molecule has 0 unspecified atom stereocenters. The largest absolute Gasteiger partial charge is 0.330 e. The van der Waals surface area contributed by atoms with Gasteiger partial charge in [-0.15, -0.1) is 0 Å². The van der Waals surface area contributed by atoms with Gasteiger partial charge in [-0.25, -0.2) is 4.98 Å². The summed E-state index contributed by atoms with van der Waals surface area (Å²) in [6.45, 7) is 5.39. The van der Waals surface area contributed by atoms with Crippen molar-refractivity contribution in [3.8, 4) is 0 Å². The predicted molar refractivity (Wildman–Crippen MR) is 83.8 cm³/mol. The third-order valence-corrected chi connectivity index (χ3v) is 4.43. The van der Waals surface area contributed by atoms with Crippen LogP contribution in [-0.4, -0.2) is 16.1 Å². The van der Waals surface area contributed by atoms with Crippen molar-refractivity contribution in [3.63, 3.8) is 0 Å². The molecule has 1 aliphatic rings. The molecule has 1 heterocycles. The summed E-state index contributed by atoms with van der Waals surface area (Å²) in [7, 11) is 0. The fraction of sp³-hybridized carbons (Fsp3) is 0.588. The Labute approximate surface area is 121 Å². The summed E-state index contributed by atoms with van der Waals surface area (Å²) in [5, 5.41) is 0. The molecular formula is C17H25N3. The van der Waals surface area contributed by atoms with E-state index in [2.05, 4.69) is 42.7 Å². The highest BCUT2D eigenvalue weighted by atomic mass is 15.1. The molecule has 1 aromatic heterocycles. The van der Waals surface area contributed by atoms with Crippen LogP contribution >= 0.6 is 0 Å². The summed E-state index contributed by atoms with van der Waals surface area (Å²) < 4.78 is 2.48. The van der Waals surface area contributed by atoms with E-state index in [9.17, 15) is 0 Å². The number of benzene rings is 1. The van der Waals surface area contributed by atoms with Crippen LogP contribution in [-0.2, 0) is 6.42 Å². The second-order valence-corrected chi connectivity index (χ2v) is 6.82. The van der Waals surface area contributed by atoms with E-state index in [1.54, 1.807) is 0 Å². The van der Waals surface area contributed by atoms with Crippen LogP contribution in [0.2, 0.25) is 0 Å². The molecule has 0 bridgehead atoms. The molecule has 0 amide bonds. The zero-order chi connectivity index (χ0) is 14.2. The molecule has 1 saturated carbocycles. The van der Waals surface area contributed by atoms with Gasteiger partial charge in [0.15, 0.2) is 0 Å². The van der Waals surface area contributed by atoms with E-state index in [1.807, 2.05) is 0 Å². The maximum atomic E-state index is 5.71. The molecule has 2 N–H and O–H groups in total. The Morgan fingerprint density at radius 1 is 1.25 bits per heavy atom. The number of fused-ring (bicyclic) bond motifs is 1. The fourth-order valence-electron chi connectivity index (χ4n) is 2.98. The lowest BCUT2D eigenvalue weighted by Gasteiger charge is -2.23. The Hall–Kier alpha value is -1.35. The van der Waals surface area contributed by atoms with Crippen LogP contribution in [0.3, 0.4) is 0 Å². The quantitative estimate of drug-likeness (QED) is 0.871. The van der Waals surface area contributed by atoms with Gasteiger partial charge < -0.3 is 10.3 Å². The van der Waals surface area contributed by atoms with Gasteiger partial charge in [-0.05, 0) is 49.8 Å². The first-order valence-electron chi connectivity index (χ1n) is 7.77. The van der Waals surface area contributed by atoms with Gasteiger partial charge in [-0.2, -0.15) is 0 Å². The van der Waals surface area contributed by atoms with Crippen LogP contribution in [0, 0.1) is 5.41 Å². The van der Waals surface area contributed by atoms with Gasteiger partial charge in [0.05, 0.1) is 11.0 Å². The summed E-state index contributed by atoms with van der Waals surface area (Å²) in [6, 6.07) is 9.22. The summed E-state index contributed by atoms with van der Waals surface area (Å²) in [4.78, 5) is 4.87. The molecule has 3 nitrogen and oxygen atoms in total. The third-order valence-electron chi connectivity index (χ3n) is 4.43. The Morgan fingerprint density at radius 3 is 2.70 bits per heavy atom. The van der Waals surface area contributed by atoms with Crippen LogP contribution in [0.5, 0.6) is 0 Å². The number of imidazole rings is 1. The van der Waals surface area contributed by atoms with E-state index >= 15 is 0 Å². The lowest BCUT2D eigenvalue weighted by atomic mass is 9.84.